The van der Waals surface area contributed by atoms with Crippen LogP contribution in [-0.2, 0) is 7.05 Å². The number of benzene rings is 1. The lowest BCUT2D eigenvalue weighted by Gasteiger charge is -1.97. The van der Waals surface area contributed by atoms with E-state index in [9.17, 15) is 0 Å². The van der Waals surface area contributed by atoms with Crippen LogP contribution < -0.4 is 4.57 Å². The number of aromatic amines is 1. The molecular weight excluding hydrogens is 246 g/mol. The molecule has 0 amide bonds. The van der Waals surface area contributed by atoms with Gasteiger partial charge in [-0.3, -0.25) is 4.98 Å². The summed E-state index contributed by atoms with van der Waals surface area (Å²) >= 11 is 0. The zero-order valence-corrected chi connectivity index (χ0v) is 11.2. The summed E-state index contributed by atoms with van der Waals surface area (Å²) in [6.45, 7) is 0. The third kappa shape index (κ3) is 1.67. The van der Waals surface area contributed by atoms with Crippen LogP contribution in [0.3, 0.4) is 0 Å². The average molecular weight is 260 g/mol. The quantitative estimate of drug-likeness (QED) is 0.524. The normalized spacial score (nSPS) is 11.2. The first kappa shape index (κ1) is 11.2. The maximum Gasteiger partial charge on any atom is 0.177 e. The van der Waals surface area contributed by atoms with Crippen LogP contribution in [0.4, 0.5) is 0 Å². The van der Waals surface area contributed by atoms with Gasteiger partial charge in [-0.05, 0) is 18.2 Å². The highest BCUT2D eigenvalue weighted by atomic mass is 14.9. The van der Waals surface area contributed by atoms with E-state index in [1.165, 1.54) is 10.9 Å². The fourth-order valence-electron chi connectivity index (χ4n) is 2.64. The smallest absolute Gasteiger partial charge is 0.177 e. The van der Waals surface area contributed by atoms with Gasteiger partial charge in [0.05, 0.1) is 22.3 Å². The minimum atomic E-state index is 1.02. The molecule has 0 spiro atoms. The first-order chi connectivity index (χ1) is 9.81. The van der Waals surface area contributed by atoms with Gasteiger partial charge in [0.1, 0.15) is 7.05 Å². The molecular formula is C17H14N3+. The van der Waals surface area contributed by atoms with Gasteiger partial charge >= 0.3 is 0 Å². The lowest BCUT2D eigenvalue weighted by molar-refractivity contribution is -0.671. The highest BCUT2D eigenvalue weighted by molar-refractivity contribution is 6.04. The number of nitrogens with zero attached hydrogens (tertiary/aromatic N) is 2. The Morgan fingerprint density at radius 3 is 2.85 bits per heavy atom. The van der Waals surface area contributed by atoms with Gasteiger partial charge in [-0.25, -0.2) is 4.57 Å². The van der Waals surface area contributed by atoms with Gasteiger partial charge in [0.2, 0.25) is 0 Å². The zero-order chi connectivity index (χ0) is 13.5. The molecule has 0 aliphatic rings. The van der Waals surface area contributed by atoms with Crippen molar-refractivity contribution < 1.29 is 4.57 Å². The molecule has 0 aliphatic carbocycles. The van der Waals surface area contributed by atoms with E-state index in [-0.39, 0.29) is 0 Å². The Bertz CT molecular complexity index is 922. The van der Waals surface area contributed by atoms with Crippen molar-refractivity contribution in [3.8, 4) is 11.3 Å². The molecule has 4 rings (SSSR count). The lowest BCUT2D eigenvalue weighted by Crippen LogP contribution is -2.26. The van der Waals surface area contributed by atoms with E-state index >= 15 is 0 Å². The van der Waals surface area contributed by atoms with Crippen LogP contribution in [-0.4, -0.2) is 9.97 Å². The summed E-state index contributed by atoms with van der Waals surface area (Å²) in [5.74, 6) is 0. The van der Waals surface area contributed by atoms with E-state index in [0.717, 1.165) is 22.1 Å². The highest BCUT2D eigenvalue weighted by Gasteiger charge is 2.09. The third-order valence-corrected chi connectivity index (χ3v) is 3.62. The Kier molecular flexibility index (Phi) is 2.33. The van der Waals surface area contributed by atoms with Crippen LogP contribution >= 0.6 is 0 Å². The number of nitrogens with one attached hydrogen (secondary N) is 1. The number of hydrogen-bond acceptors (Lipinski definition) is 1. The molecule has 0 atom stereocenters. The van der Waals surface area contributed by atoms with Crippen molar-refractivity contribution in [1.29, 1.82) is 0 Å². The molecule has 20 heavy (non-hydrogen) atoms. The molecule has 0 fully saturated rings. The standard InChI is InChI=1S/C17H14N3/c1-20-9-3-5-14(11-20)15-10-13-7-6-12-4-2-8-18-16(12)17(13)19-15/h2-11,19H,1H3/q+1. The van der Waals surface area contributed by atoms with Crippen LogP contribution in [0.5, 0.6) is 0 Å². The Labute approximate surface area is 116 Å². The Balaban J connectivity index is 2.01. The molecule has 0 bridgehead atoms. The highest BCUT2D eigenvalue weighted by Crippen LogP contribution is 2.27. The van der Waals surface area contributed by atoms with Crippen molar-refractivity contribution in [2.45, 2.75) is 0 Å². The summed E-state index contributed by atoms with van der Waals surface area (Å²) in [6, 6.07) is 14.7. The lowest BCUT2D eigenvalue weighted by atomic mass is 10.1. The van der Waals surface area contributed by atoms with Crippen molar-refractivity contribution >= 4 is 21.8 Å². The molecule has 3 heterocycles. The summed E-state index contributed by atoms with van der Waals surface area (Å²) < 4.78 is 2.05. The molecule has 4 aromatic rings. The molecule has 96 valence electrons. The van der Waals surface area contributed by atoms with Gasteiger partial charge in [0.25, 0.3) is 0 Å². The maximum absolute atomic E-state index is 4.50. The molecule has 0 saturated heterocycles. The topological polar surface area (TPSA) is 32.6 Å². The summed E-state index contributed by atoms with van der Waals surface area (Å²) in [5.41, 5.74) is 4.42. The molecule has 1 N–H and O–H groups in total. The fourth-order valence-corrected chi connectivity index (χ4v) is 2.64. The van der Waals surface area contributed by atoms with Crippen LogP contribution in [0.2, 0.25) is 0 Å². The van der Waals surface area contributed by atoms with Gasteiger partial charge < -0.3 is 4.98 Å². The van der Waals surface area contributed by atoms with E-state index < -0.39 is 0 Å². The second kappa shape index (κ2) is 4.17. The third-order valence-electron chi connectivity index (χ3n) is 3.62. The number of pyridine rings is 2. The Morgan fingerprint density at radius 1 is 1.05 bits per heavy atom. The summed E-state index contributed by atoms with van der Waals surface area (Å²) in [6.07, 6.45) is 5.98. The summed E-state index contributed by atoms with van der Waals surface area (Å²) in [5, 5.41) is 2.35. The van der Waals surface area contributed by atoms with E-state index in [4.69, 9.17) is 0 Å². The van der Waals surface area contributed by atoms with Crippen LogP contribution in [0.1, 0.15) is 0 Å². The number of rotatable bonds is 1. The molecule has 3 aromatic heterocycles. The van der Waals surface area contributed by atoms with Crippen molar-refractivity contribution in [3.63, 3.8) is 0 Å². The van der Waals surface area contributed by atoms with Crippen molar-refractivity contribution in [2.75, 3.05) is 0 Å². The van der Waals surface area contributed by atoms with Crippen molar-refractivity contribution in [2.24, 2.45) is 7.05 Å². The van der Waals surface area contributed by atoms with E-state index in [1.807, 2.05) is 25.5 Å². The van der Waals surface area contributed by atoms with E-state index in [1.54, 1.807) is 0 Å². The zero-order valence-electron chi connectivity index (χ0n) is 11.2. The predicted molar refractivity (Wildman–Crippen MR) is 80.2 cm³/mol. The Morgan fingerprint density at radius 2 is 1.95 bits per heavy atom. The van der Waals surface area contributed by atoms with Crippen LogP contribution in [0, 0.1) is 0 Å². The number of aromatic nitrogens is 3. The largest absolute Gasteiger partial charge is 0.353 e. The maximum atomic E-state index is 4.50. The second-order valence-electron chi connectivity index (χ2n) is 5.05. The van der Waals surface area contributed by atoms with Crippen LogP contribution in [0.25, 0.3) is 33.1 Å². The molecule has 3 heteroatoms. The minimum absolute atomic E-state index is 1.02. The molecule has 0 radical (unpaired) electrons. The average Bonchev–Trinajstić information content (AvgIpc) is 2.92. The number of fused-ring (bicyclic) bond motifs is 3. The van der Waals surface area contributed by atoms with Gasteiger partial charge in [0.15, 0.2) is 12.4 Å². The first-order valence-corrected chi connectivity index (χ1v) is 6.63. The molecule has 3 nitrogen and oxygen atoms in total. The van der Waals surface area contributed by atoms with Gasteiger partial charge in [-0.2, -0.15) is 0 Å². The van der Waals surface area contributed by atoms with Gasteiger partial charge in [-0.1, -0.05) is 18.2 Å². The van der Waals surface area contributed by atoms with Crippen molar-refractivity contribution in [1.82, 2.24) is 9.97 Å². The monoisotopic (exact) mass is 260 g/mol. The van der Waals surface area contributed by atoms with Gasteiger partial charge in [-0.15, -0.1) is 0 Å². The molecule has 0 aliphatic heterocycles. The predicted octanol–water partition coefficient (Wildman–Crippen LogP) is 3.21. The molecule has 1 aromatic carbocycles. The number of hydrogen-bond donors (Lipinski definition) is 1. The summed E-state index contributed by atoms with van der Waals surface area (Å²) in [7, 11) is 2.03. The Hall–Kier alpha value is -2.68. The minimum Gasteiger partial charge on any atom is -0.353 e. The fraction of sp³-hybridized carbons (Fsp3) is 0.0588. The molecule has 0 unspecified atom stereocenters. The number of H-pyrrole nitrogens is 1. The van der Waals surface area contributed by atoms with Crippen LogP contribution in [0.15, 0.2) is 61.1 Å². The van der Waals surface area contributed by atoms with Crippen molar-refractivity contribution in [3.05, 3.63) is 61.1 Å². The first-order valence-electron chi connectivity index (χ1n) is 6.63. The summed E-state index contributed by atoms with van der Waals surface area (Å²) in [4.78, 5) is 8.00. The number of aryl methyl sites for hydroxylation is 1. The van der Waals surface area contributed by atoms with E-state index in [2.05, 4.69) is 57.1 Å². The van der Waals surface area contributed by atoms with Gasteiger partial charge in [0, 0.05) is 23.0 Å². The molecule has 0 saturated carbocycles. The SMILES string of the molecule is C[n+]1cccc(-c2cc3ccc4cccnc4c3[nH]2)c1. The second-order valence-corrected chi connectivity index (χ2v) is 5.05. The van der Waals surface area contributed by atoms with E-state index in [0.29, 0.717) is 0 Å².